The fourth-order valence-corrected chi connectivity index (χ4v) is 4.09. The zero-order valence-corrected chi connectivity index (χ0v) is 18.4. The van der Waals surface area contributed by atoms with Crippen molar-refractivity contribution < 1.29 is 13.2 Å². The molecule has 0 aliphatic rings. The van der Waals surface area contributed by atoms with Gasteiger partial charge in [-0.3, -0.25) is 9.10 Å². The summed E-state index contributed by atoms with van der Waals surface area (Å²) < 4.78 is 25.8. The van der Waals surface area contributed by atoms with Crippen LogP contribution in [0.1, 0.15) is 55.5 Å². The first kappa shape index (κ1) is 22.9. The fraction of sp³-hybridized carbons (Fsp3) is 0.435. The van der Waals surface area contributed by atoms with Crippen molar-refractivity contribution in [2.24, 2.45) is 5.92 Å². The predicted molar refractivity (Wildman–Crippen MR) is 120 cm³/mol. The molecular weight excluding hydrogens is 384 g/mol. The third-order valence-corrected chi connectivity index (χ3v) is 6.22. The molecule has 0 bridgehead atoms. The van der Waals surface area contributed by atoms with Gasteiger partial charge in [-0.2, -0.15) is 0 Å². The van der Waals surface area contributed by atoms with Crippen LogP contribution in [-0.2, 0) is 16.6 Å². The van der Waals surface area contributed by atoms with E-state index in [-0.39, 0.29) is 12.5 Å². The quantitative estimate of drug-likeness (QED) is 0.582. The smallest absolute Gasteiger partial charge is 0.251 e. The Balaban J connectivity index is 2.02. The lowest BCUT2D eigenvalue weighted by molar-refractivity contribution is 0.0946. The Kier molecular flexibility index (Phi) is 8.70. The van der Waals surface area contributed by atoms with E-state index >= 15 is 0 Å². The summed E-state index contributed by atoms with van der Waals surface area (Å²) in [5.41, 5.74) is 2.03. The van der Waals surface area contributed by atoms with Crippen LogP contribution < -0.4 is 9.62 Å². The lowest BCUT2D eigenvalue weighted by Crippen LogP contribution is -2.30. The van der Waals surface area contributed by atoms with Gasteiger partial charge >= 0.3 is 0 Å². The number of unbranched alkanes of at least 4 members (excludes halogenated alkanes) is 1. The van der Waals surface area contributed by atoms with Crippen LogP contribution in [0.5, 0.6) is 0 Å². The van der Waals surface area contributed by atoms with Crippen molar-refractivity contribution in [3.05, 3.63) is 65.7 Å². The number of nitrogens with one attached hydrogen (secondary N) is 1. The normalized spacial score (nSPS) is 12.4. The number of benzene rings is 2. The van der Waals surface area contributed by atoms with E-state index in [9.17, 15) is 13.2 Å². The highest BCUT2D eigenvalue weighted by Gasteiger charge is 2.18. The molecule has 1 N–H and O–H groups in total. The second-order valence-electron chi connectivity index (χ2n) is 7.43. The number of hydrogen-bond acceptors (Lipinski definition) is 3. The summed E-state index contributed by atoms with van der Waals surface area (Å²) in [6.07, 6.45) is 5.73. The fourth-order valence-electron chi connectivity index (χ4n) is 3.20. The van der Waals surface area contributed by atoms with Crippen LogP contribution in [-0.4, -0.2) is 27.1 Å². The molecule has 1 atom stereocenters. The molecule has 5 nitrogen and oxygen atoms in total. The Morgan fingerprint density at radius 2 is 1.69 bits per heavy atom. The molecular formula is C23H32N2O3S. The van der Waals surface area contributed by atoms with E-state index in [2.05, 4.69) is 19.2 Å². The van der Waals surface area contributed by atoms with Gasteiger partial charge in [-0.1, -0.05) is 63.4 Å². The van der Waals surface area contributed by atoms with Crippen molar-refractivity contribution in [3.63, 3.8) is 0 Å². The molecule has 1 amide bonds. The number of amides is 1. The minimum absolute atomic E-state index is 0.0884. The highest BCUT2D eigenvalue weighted by Crippen LogP contribution is 2.20. The molecule has 158 valence electrons. The van der Waals surface area contributed by atoms with Crippen LogP contribution in [0.25, 0.3) is 0 Å². The topological polar surface area (TPSA) is 66.5 Å². The van der Waals surface area contributed by atoms with Crippen LogP contribution in [0.2, 0.25) is 0 Å². The molecule has 0 aromatic heterocycles. The Labute approximate surface area is 175 Å². The Morgan fingerprint density at radius 1 is 1.03 bits per heavy atom. The molecule has 0 radical (unpaired) electrons. The number of anilines is 1. The zero-order valence-electron chi connectivity index (χ0n) is 17.6. The van der Waals surface area contributed by atoms with Gasteiger partial charge < -0.3 is 5.32 Å². The Morgan fingerprint density at radius 3 is 2.24 bits per heavy atom. The number of rotatable bonds is 11. The molecule has 0 fully saturated rings. The van der Waals surface area contributed by atoms with E-state index in [1.807, 2.05) is 30.3 Å². The van der Waals surface area contributed by atoms with Gasteiger partial charge in [-0.15, -0.1) is 0 Å². The molecule has 2 aromatic rings. The van der Waals surface area contributed by atoms with E-state index in [4.69, 9.17) is 0 Å². The number of carbonyl (C=O) groups excluding carboxylic acids is 1. The van der Waals surface area contributed by atoms with Gasteiger partial charge in [0.1, 0.15) is 0 Å². The zero-order chi connectivity index (χ0) is 21.3. The molecule has 0 saturated carbocycles. The first-order chi connectivity index (χ1) is 13.8. The summed E-state index contributed by atoms with van der Waals surface area (Å²) in [7, 11) is -3.42. The van der Waals surface area contributed by atoms with Crippen LogP contribution in [0.3, 0.4) is 0 Å². The SMILES string of the molecule is CCCC[C@H](CC)CNC(=O)c1ccc(CN(c2ccccc2)S(C)(=O)=O)cc1. The Hall–Kier alpha value is -2.34. The third kappa shape index (κ3) is 7.20. The maximum Gasteiger partial charge on any atom is 0.251 e. The van der Waals surface area contributed by atoms with Crippen LogP contribution in [0.4, 0.5) is 5.69 Å². The second kappa shape index (κ2) is 11.0. The van der Waals surface area contributed by atoms with Crippen molar-refractivity contribution in [2.75, 3.05) is 17.1 Å². The molecule has 0 heterocycles. The average molecular weight is 417 g/mol. The lowest BCUT2D eigenvalue weighted by atomic mass is 9.99. The van der Waals surface area contributed by atoms with E-state index in [0.717, 1.165) is 18.4 Å². The van der Waals surface area contributed by atoms with E-state index in [1.165, 1.54) is 23.4 Å². The monoisotopic (exact) mass is 416 g/mol. The molecule has 0 unspecified atom stereocenters. The number of carbonyl (C=O) groups is 1. The molecule has 29 heavy (non-hydrogen) atoms. The van der Waals surface area contributed by atoms with Crippen molar-refractivity contribution in [1.29, 1.82) is 0 Å². The van der Waals surface area contributed by atoms with Gasteiger partial charge in [0.15, 0.2) is 0 Å². The molecule has 2 rings (SSSR count). The van der Waals surface area contributed by atoms with Gasteiger partial charge in [-0.25, -0.2) is 8.42 Å². The van der Waals surface area contributed by atoms with E-state index in [1.54, 1.807) is 24.3 Å². The highest BCUT2D eigenvalue weighted by atomic mass is 32.2. The van der Waals surface area contributed by atoms with Crippen molar-refractivity contribution in [1.82, 2.24) is 5.32 Å². The van der Waals surface area contributed by atoms with E-state index in [0.29, 0.717) is 23.7 Å². The number of sulfonamides is 1. The van der Waals surface area contributed by atoms with Gasteiger partial charge in [0.25, 0.3) is 5.91 Å². The predicted octanol–water partition coefficient (Wildman–Crippen LogP) is 4.60. The third-order valence-electron chi connectivity index (χ3n) is 5.08. The number of hydrogen-bond donors (Lipinski definition) is 1. The first-order valence-corrected chi connectivity index (χ1v) is 12.1. The number of para-hydroxylation sites is 1. The molecule has 2 aromatic carbocycles. The summed E-state index contributed by atoms with van der Waals surface area (Å²) in [5, 5.41) is 3.02. The summed E-state index contributed by atoms with van der Waals surface area (Å²) in [4.78, 5) is 12.4. The summed E-state index contributed by atoms with van der Waals surface area (Å²) in [6.45, 7) is 5.24. The lowest BCUT2D eigenvalue weighted by Gasteiger charge is -2.22. The largest absolute Gasteiger partial charge is 0.352 e. The van der Waals surface area contributed by atoms with E-state index < -0.39 is 10.0 Å². The minimum atomic E-state index is -3.42. The van der Waals surface area contributed by atoms with Gasteiger partial charge in [0, 0.05) is 12.1 Å². The number of nitrogens with zero attached hydrogens (tertiary/aromatic N) is 1. The molecule has 6 heteroatoms. The van der Waals surface area contributed by atoms with Gasteiger partial charge in [-0.05, 0) is 42.2 Å². The minimum Gasteiger partial charge on any atom is -0.352 e. The van der Waals surface area contributed by atoms with Crippen LogP contribution in [0, 0.1) is 5.92 Å². The molecule has 0 aliphatic carbocycles. The summed E-state index contributed by atoms with van der Waals surface area (Å²) in [6, 6.07) is 16.1. The first-order valence-electron chi connectivity index (χ1n) is 10.2. The second-order valence-corrected chi connectivity index (χ2v) is 9.34. The van der Waals surface area contributed by atoms with Crippen molar-refractivity contribution in [3.8, 4) is 0 Å². The summed E-state index contributed by atoms with van der Waals surface area (Å²) in [5.74, 6) is 0.418. The van der Waals surface area contributed by atoms with Crippen molar-refractivity contribution >= 4 is 21.6 Å². The standard InChI is InChI=1S/C23H32N2O3S/c1-4-6-10-19(5-2)17-24-23(26)21-15-13-20(14-16-21)18-25(29(3,27)28)22-11-8-7-9-12-22/h7-9,11-16,19H,4-6,10,17-18H2,1-3H3,(H,24,26)/t19-/m0/s1. The molecule has 0 spiro atoms. The molecule has 0 saturated heterocycles. The average Bonchev–Trinajstić information content (AvgIpc) is 2.72. The molecule has 0 aliphatic heterocycles. The highest BCUT2D eigenvalue weighted by molar-refractivity contribution is 7.92. The van der Waals surface area contributed by atoms with Gasteiger partial charge in [0.2, 0.25) is 10.0 Å². The summed E-state index contributed by atoms with van der Waals surface area (Å²) >= 11 is 0. The van der Waals surface area contributed by atoms with Crippen LogP contribution >= 0.6 is 0 Å². The van der Waals surface area contributed by atoms with Crippen LogP contribution in [0.15, 0.2) is 54.6 Å². The van der Waals surface area contributed by atoms with Gasteiger partial charge in [0.05, 0.1) is 18.5 Å². The maximum absolute atomic E-state index is 12.4. The van der Waals surface area contributed by atoms with Crippen molar-refractivity contribution in [2.45, 2.75) is 46.1 Å². The Bertz CT molecular complexity index is 865. The maximum atomic E-state index is 12.4.